The molecule has 0 aromatic heterocycles. The minimum Gasteiger partial charge on any atom is -0.363 e. The minimum atomic E-state index is -4.43. The van der Waals surface area contributed by atoms with Gasteiger partial charge in [-0.05, 0) is 36.2 Å². The van der Waals surface area contributed by atoms with Crippen molar-refractivity contribution in [1.29, 1.82) is 5.26 Å². The van der Waals surface area contributed by atoms with Crippen molar-refractivity contribution in [3.8, 4) is 6.07 Å². The lowest BCUT2D eigenvalue weighted by molar-refractivity contribution is -0.182. The van der Waals surface area contributed by atoms with Gasteiger partial charge in [0.1, 0.15) is 6.07 Å². The second-order valence-corrected chi connectivity index (χ2v) is 7.22. The molecule has 1 atom stereocenters. The highest BCUT2D eigenvalue weighted by molar-refractivity contribution is 6.32. The van der Waals surface area contributed by atoms with Crippen LogP contribution in [0.5, 0.6) is 0 Å². The predicted molar refractivity (Wildman–Crippen MR) is 105 cm³/mol. The molecule has 1 fully saturated rings. The van der Waals surface area contributed by atoms with Gasteiger partial charge in [-0.3, -0.25) is 4.84 Å². The van der Waals surface area contributed by atoms with E-state index >= 15 is 0 Å². The number of alkyl halides is 3. The van der Waals surface area contributed by atoms with Gasteiger partial charge in [0, 0.05) is 31.4 Å². The number of hydrogen-bond acceptors (Lipinski definition) is 4. The van der Waals surface area contributed by atoms with E-state index in [1.807, 2.05) is 23.0 Å². The fourth-order valence-corrected chi connectivity index (χ4v) is 3.71. The number of hydroxylamine groups is 2. The number of rotatable bonds is 5. The number of nitrogens with zero attached hydrogens (tertiary/aromatic N) is 3. The van der Waals surface area contributed by atoms with Crippen LogP contribution < -0.4 is 4.90 Å². The molecular weight excluding hydrogens is 403 g/mol. The van der Waals surface area contributed by atoms with Gasteiger partial charge in [0.2, 0.25) is 0 Å². The zero-order valence-electron chi connectivity index (χ0n) is 15.9. The number of hydrogen-bond donors (Lipinski definition) is 0. The first-order valence-electron chi connectivity index (χ1n) is 9.32. The highest BCUT2D eigenvalue weighted by Crippen LogP contribution is 2.34. The molecule has 1 heterocycles. The van der Waals surface area contributed by atoms with Crippen LogP contribution in [0.15, 0.2) is 42.5 Å². The van der Waals surface area contributed by atoms with Crippen LogP contribution in [0.25, 0.3) is 0 Å². The van der Waals surface area contributed by atoms with Crippen LogP contribution in [-0.4, -0.2) is 30.8 Å². The van der Waals surface area contributed by atoms with Crippen LogP contribution in [0.4, 0.5) is 18.9 Å². The summed E-state index contributed by atoms with van der Waals surface area (Å²) in [7, 11) is 0. The summed E-state index contributed by atoms with van der Waals surface area (Å²) in [4.78, 5) is 7.51. The van der Waals surface area contributed by atoms with Crippen LogP contribution >= 0.6 is 11.6 Å². The largest absolute Gasteiger partial charge is 0.416 e. The zero-order chi connectivity index (χ0) is 21.0. The fourth-order valence-electron chi connectivity index (χ4n) is 3.49. The maximum Gasteiger partial charge on any atom is 0.416 e. The van der Waals surface area contributed by atoms with Crippen LogP contribution in [-0.2, 0) is 17.6 Å². The monoisotopic (exact) mass is 423 g/mol. The number of halogens is 4. The molecule has 0 N–H and O–H groups in total. The first-order valence-corrected chi connectivity index (χ1v) is 9.70. The van der Waals surface area contributed by atoms with E-state index in [2.05, 4.69) is 0 Å². The van der Waals surface area contributed by atoms with Gasteiger partial charge in [-0.15, -0.1) is 0 Å². The Morgan fingerprint density at radius 3 is 2.69 bits per heavy atom. The van der Waals surface area contributed by atoms with E-state index in [1.54, 1.807) is 24.3 Å². The molecule has 1 saturated heterocycles. The second kappa shape index (κ2) is 9.04. The summed E-state index contributed by atoms with van der Waals surface area (Å²) in [5.74, 6) is 0. The maximum absolute atomic E-state index is 13.5. The molecule has 0 bridgehead atoms. The lowest BCUT2D eigenvalue weighted by atomic mass is 10.0. The van der Waals surface area contributed by atoms with E-state index < -0.39 is 11.7 Å². The maximum atomic E-state index is 13.5. The highest BCUT2D eigenvalue weighted by Gasteiger charge is 2.34. The average Bonchev–Trinajstić information content (AvgIpc) is 2.71. The van der Waals surface area contributed by atoms with Gasteiger partial charge in [0.25, 0.3) is 0 Å². The van der Waals surface area contributed by atoms with Gasteiger partial charge < -0.3 is 4.90 Å². The molecular formula is C21H21ClF3N3O. The van der Waals surface area contributed by atoms with Crippen LogP contribution in [0.1, 0.15) is 30.0 Å². The summed E-state index contributed by atoms with van der Waals surface area (Å²) in [5, 5.41) is 11.2. The Bertz CT molecular complexity index is 897. The third-order valence-corrected chi connectivity index (χ3v) is 5.31. The standard InChI is InChI=1S/C21H21ClF3N3O/c1-2-27-14-18(9-10-29-27)28(17-8-7-15(12-26)20(22)11-17)13-16-5-3-4-6-19(16)21(23,24)25/h3-8,11,18H,2,9-10,13-14H2,1H3/t18-/m0/s1. The fraction of sp³-hybridized carbons (Fsp3) is 0.381. The topological polar surface area (TPSA) is 39.5 Å². The third kappa shape index (κ3) is 5.02. The Morgan fingerprint density at radius 2 is 2.03 bits per heavy atom. The zero-order valence-corrected chi connectivity index (χ0v) is 16.7. The summed E-state index contributed by atoms with van der Waals surface area (Å²) in [6.07, 6.45) is -3.77. The third-order valence-electron chi connectivity index (χ3n) is 5.00. The van der Waals surface area contributed by atoms with Gasteiger partial charge in [-0.1, -0.05) is 36.7 Å². The van der Waals surface area contributed by atoms with Crippen molar-refractivity contribution in [2.75, 3.05) is 24.6 Å². The van der Waals surface area contributed by atoms with E-state index in [9.17, 15) is 13.2 Å². The van der Waals surface area contributed by atoms with Crippen molar-refractivity contribution in [3.05, 3.63) is 64.2 Å². The summed E-state index contributed by atoms with van der Waals surface area (Å²) in [6, 6.07) is 12.5. The SMILES string of the molecule is CCN1C[C@@H](N(Cc2ccccc2C(F)(F)F)c2ccc(C#N)c(Cl)c2)CCO1. The molecule has 4 nitrogen and oxygen atoms in total. The van der Waals surface area contributed by atoms with Gasteiger partial charge in [-0.25, -0.2) is 0 Å². The second-order valence-electron chi connectivity index (χ2n) is 6.82. The van der Waals surface area contributed by atoms with E-state index in [0.29, 0.717) is 37.4 Å². The molecule has 0 aliphatic carbocycles. The van der Waals surface area contributed by atoms with Gasteiger partial charge >= 0.3 is 6.18 Å². The van der Waals surface area contributed by atoms with Crippen molar-refractivity contribution in [2.45, 2.75) is 32.1 Å². The lowest BCUT2D eigenvalue weighted by Gasteiger charge is -2.40. The Kier molecular flexibility index (Phi) is 6.68. The normalized spacial score (nSPS) is 17.7. The summed E-state index contributed by atoms with van der Waals surface area (Å²) in [6.45, 7) is 3.75. The number of benzene rings is 2. The summed E-state index contributed by atoms with van der Waals surface area (Å²) < 4.78 is 40.6. The Labute approximate surface area is 173 Å². The first-order chi connectivity index (χ1) is 13.8. The van der Waals surface area contributed by atoms with E-state index in [-0.39, 0.29) is 23.2 Å². The van der Waals surface area contributed by atoms with Crippen molar-refractivity contribution in [3.63, 3.8) is 0 Å². The van der Waals surface area contributed by atoms with E-state index in [0.717, 1.165) is 6.07 Å². The Hall–Kier alpha value is -2.27. The van der Waals surface area contributed by atoms with Gasteiger partial charge in [0.15, 0.2) is 0 Å². The average molecular weight is 424 g/mol. The number of anilines is 1. The highest BCUT2D eigenvalue weighted by atomic mass is 35.5. The van der Waals surface area contributed by atoms with Crippen molar-refractivity contribution >= 4 is 17.3 Å². The molecule has 8 heteroatoms. The molecule has 0 radical (unpaired) electrons. The van der Waals surface area contributed by atoms with Crippen LogP contribution in [0, 0.1) is 11.3 Å². The van der Waals surface area contributed by atoms with Crippen molar-refractivity contribution < 1.29 is 18.0 Å². The van der Waals surface area contributed by atoms with Crippen molar-refractivity contribution in [1.82, 2.24) is 5.06 Å². The molecule has 1 aliphatic heterocycles. The predicted octanol–water partition coefficient (Wildman–Crippen LogP) is 5.26. The minimum absolute atomic E-state index is 0.0611. The molecule has 0 unspecified atom stereocenters. The molecule has 2 aromatic rings. The summed E-state index contributed by atoms with van der Waals surface area (Å²) >= 11 is 6.21. The molecule has 0 spiro atoms. The molecule has 29 heavy (non-hydrogen) atoms. The Balaban J connectivity index is 2.00. The Morgan fingerprint density at radius 1 is 1.28 bits per heavy atom. The number of nitriles is 1. The lowest BCUT2D eigenvalue weighted by Crippen LogP contribution is -2.48. The number of likely N-dealkylation sites (N-methyl/N-ethyl adjacent to an activating group) is 1. The molecule has 1 aliphatic rings. The smallest absolute Gasteiger partial charge is 0.363 e. The molecule has 0 saturated carbocycles. The molecule has 3 rings (SSSR count). The summed E-state index contributed by atoms with van der Waals surface area (Å²) in [5.41, 5.74) is 0.543. The van der Waals surface area contributed by atoms with E-state index in [4.69, 9.17) is 21.7 Å². The van der Waals surface area contributed by atoms with Crippen LogP contribution in [0.2, 0.25) is 5.02 Å². The van der Waals surface area contributed by atoms with Crippen LogP contribution in [0.3, 0.4) is 0 Å². The molecule has 154 valence electrons. The van der Waals surface area contributed by atoms with E-state index in [1.165, 1.54) is 12.1 Å². The molecule has 0 amide bonds. The van der Waals surface area contributed by atoms with Crippen molar-refractivity contribution in [2.24, 2.45) is 0 Å². The van der Waals surface area contributed by atoms with Gasteiger partial charge in [-0.2, -0.15) is 23.5 Å². The molecule has 2 aromatic carbocycles. The first kappa shape index (κ1) is 21.4. The van der Waals surface area contributed by atoms with Gasteiger partial charge in [0.05, 0.1) is 22.8 Å². The quantitative estimate of drug-likeness (QED) is 0.657.